The van der Waals surface area contributed by atoms with E-state index >= 15 is 0 Å². The number of nitrogens with one attached hydrogen (secondary N) is 1. The van der Waals surface area contributed by atoms with Crippen molar-refractivity contribution in [2.45, 2.75) is 90.6 Å². The van der Waals surface area contributed by atoms with Crippen molar-refractivity contribution in [3.05, 3.63) is 98.3 Å². The molecule has 0 aromatic carbocycles. The van der Waals surface area contributed by atoms with Crippen molar-refractivity contribution in [2.24, 2.45) is 23.7 Å². The first kappa shape index (κ1) is 28.3. The van der Waals surface area contributed by atoms with Gasteiger partial charge in [-0.05, 0) is 123 Å². The molecule has 0 aromatic heterocycles. The van der Waals surface area contributed by atoms with Crippen LogP contribution in [0.15, 0.2) is 98.3 Å². The maximum Gasteiger partial charge on any atom is 0.114 e. The molecule has 5 aliphatic carbocycles. The molecular formula is C36H44BrNO. The van der Waals surface area contributed by atoms with Crippen LogP contribution in [0.2, 0.25) is 0 Å². The quantitative estimate of drug-likeness (QED) is 0.174. The minimum atomic E-state index is -0.864. The van der Waals surface area contributed by atoms with Crippen molar-refractivity contribution < 1.29 is 5.11 Å². The molecule has 0 amide bonds. The Bertz CT molecular complexity index is 1260. The number of allylic oxidation sites excluding steroid dienone is 14. The summed E-state index contributed by atoms with van der Waals surface area (Å²) in [4.78, 5) is 0. The third-order valence-electron chi connectivity index (χ3n) is 9.44. The molecule has 2 N–H and O–H groups in total. The maximum atomic E-state index is 11.8. The molecule has 39 heavy (non-hydrogen) atoms. The standard InChI is InChI=1S/C36H44BrNO/c1-3-24(2)20-25-14-16-26(17-15-25)21-35(38)36(39)34-22-29(11-6-9-27-8-4-5-12-31(27)34)32-13-7-10-28-18-19-30(37)23-33(28)32/h3,6,8,13-14,16-17,22-23,25,28,31,33,36,38-39H,4-5,7,9-10,12,15,18-21H2,1-2H3/b24-3-,34-22+,38-35?. The summed E-state index contributed by atoms with van der Waals surface area (Å²) >= 11 is 3.79. The molecule has 5 atom stereocenters. The molecule has 0 spiro atoms. The van der Waals surface area contributed by atoms with Crippen molar-refractivity contribution in [3.63, 3.8) is 0 Å². The highest BCUT2D eigenvalue weighted by atomic mass is 79.9. The van der Waals surface area contributed by atoms with Gasteiger partial charge in [0.25, 0.3) is 0 Å². The van der Waals surface area contributed by atoms with Crippen LogP contribution in [-0.4, -0.2) is 16.9 Å². The Morgan fingerprint density at radius 3 is 2.87 bits per heavy atom. The number of hydrogen-bond donors (Lipinski definition) is 2. The van der Waals surface area contributed by atoms with Gasteiger partial charge in [-0.2, -0.15) is 0 Å². The van der Waals surface area contributed by atoms with Crippen LogP contribution in [0.4, 0.5) is 0 Å². The summed E-state index contributed by atoms with van der Waals surface area (Å²) < 4.78 is 1.31. The molecule has 0 bridgehead atoms. The monoisotopic (exact) mass is 585 g/mol. The first-order valence-corrected chi connectivity index (χ1v) is 15.9. The normalized spacial score (nSPS) is 31.1. The summed E-state index contributed by atoms with van der Waals surface area (Å²) in [5, 5.41) is 20.8. The highest BCUT2D eigenvalue weighted by Crippen LogP contribution is 2.45. The summed E-state index contributed by atoms with van der Waals surface area (Å²) in [5.41, 5.74) is 11.5. The molecule has 3 heteroatoms. The lowest BCUT2D eigenvalue weighted by Crippen LogP contribution is -2.29. The fourth-order valence-electron chi connectivity index (χ4n) is 7.07. The van der Waals surface area contributed by atoms with Gasteiger partial charge in [-0.25, -0.2) is 0 Å². The predicted octanol–water partition coefficient (Wildman–Crippen LogP) is 9.78. The Hall–Kier alpha value is -2.19. The van der Waals surface area contributed by atoms with Gasteiger partial charge in [-0.3, -0.25) is 0 Å². The highest BCUT2D eigenvalue weighted by Gasteiger charge is 2.33. The Kier molecular flexibility index (Phi) is 9.44. The summed E-state index contributed by atoms with van der Waals surface area (Å²) in [6.45, 7) is 4.30. The summed E-state index contributed by atoms with van der Waals surface area (Å²) in [6, 6.07) is 0. The van der Waals surface area contributed by atoms with Gasteiger partial charge in [0.15, 0.2) is 0 Å². The van der Waals surface area contributed by atoms with E-state index < -0.39 is 6.10 Å². The molecule has 0 fully saturated rings. The van der Waals surface area contributed by atoms with E-state index in [1.54, 1.807) is 0 Å². The zero-order chi connectivity index (χ0) is 27.4. The highest BCUT2D eigenvalue weighted by molar-refractivity contribution is 9.11. The van der Waals surface area contributed by atoms with Crippen molar-refractivity contribution >= 4 is 21.6 Å². The molecule has 0 aromatic rings. The number of aliphatic hydroxyl groups is 1. The minimum absolute atomic E-state index is 0.208. The van der Waals surface area contributed by atoms with E-state index in [4.69, 9.17) is 5.41 Å². The van der Waals surface area contributed by atoms with Crippen molar-refractivity contribution in [3.8, 4) is 0 Å². The Labute approximate surface area is 244 Å². The van der Waals surface area contributed by atoms with E-state index in [0.717, 1.165) is 68.1 Å². The molecule has 0 radical (unpaired) electrons. The van der Waals surface area contributed by atoms with Gasteiger partial charge in [-0.15, -0.1) is 5.73 Å². The van der Waals surface area contributed by atoms with Crippen LogP contribution < -0.4 is 0 Å². The topological polar surface area (TPSA) is 44.1 Å². The molecule has 5 unspecified atom stereocenters. The molecule has 5 rings (SSSR count). The molecule has 206 valence electrons. The van der Waals surface area contributed by atoms with Crippen LogP contribution in [0.25, 0.3) is 0 Å². The first-order chi connectivity index (χ1) is 18.9. The Morgan fingerprint density at radius 2 is 2.08 bits per heavy atom. The molecule has 0 saturated carbocycles. The Balaban J connectivity index is 1.41. The van der Waals surface area contributed by atoms with Crippen LogP contribution in [0, 0.1) is 29.1 Å². The Morgan fingerprint density at radius 1 is 1.21 bits per heavy atom. The molecule has 0 aliphatic heterocycles. The summed E-state index contributed by atoms with van der Waals surface area (Å²) in [5.74, 6) is 1.83. The van der Waals surface area contributed by atoms with Gasteiger partial charge in [-0.1, -0.05) is 69.6 Å². The van der Waals surface area contributed by atoms with E-state index in [2.05, 4.69) is 90.2 Å². The average Bonchev–Trinajstić information content (AvgIpc) is 2.94. The molecule has 2 nitrogen and oxygen atoms in total. The van der Waals surface area contributed by atoms with Gasteiger partial charge in [0.05, 0.1) is 0 Å². The lowest BCUT2D eigenvalue weighted by atomic mass is 9.70. The zero-order valence-electron chi connectivity index (χ0n) is 23.7. The fraction of sp³-hybridized carbons (Fsp3) is 0.500. The van der Waals surface area contributed by atoms with Crippen LogP contribution in [-0.2, 0) is 0 Å². The lowest BCUT2D eigenvalue weighted by molar-refractivity contribution is 0.258. The van der Waals surface area contributed by atoms with Crippen molar-refractivity contribution in [1.29, 1.82) is 5.41 Å². The zero-order valence-corrected chi connectivity index (χ0v) is 25.3. The van der Waals surface area contributed by atoms with E-state index in [1.807, 2.05) is 0 Å². The van der Waals surface area contributed by atoms with Gasteiger partial charge in [0, 0.05) is 29.5 Å². The lowest BCUT2D eigenvalue weighted by Gasteiger charge is -2.35. The minimum Gasteiger partial charge on any atom is -0.383 e. The van der Waals surface area contributed by atoms with Gasteiger partial charge < -0.3 is 10.5 Å². The van der Waals surface area contributed by atoms with Crippen molar-refractivity contribution in [2.75, 3.05) is 0 Å². The second kappa shape index (κ2) is 13.0. The third kappa shape index (κ3) is 6.76. The van der Waals surface area contributed by atoms with Crippen LogP contribution in [0.5, 0.6) is 0 Å². The van der Waals surface area contributed by atoms with Gasteiger partial charge in [0.1, 0.15) is 6.10 Å². The third-order valence-corrected chi connectivity index (χ3v) is 10.1. The van der Waals surface area contributed by atoms with E-state index in [1.165, 1.54) is 34.0 Å². The van der Waals surface area contributed by atoms with Crippen LogP contribution in [0.3, 0.4) is 0 Å². The summed E-state index contributed by atoms with van der Waals surface area (Å²) in [7, 11) is 0. The van der Waals surface area contributed by atoms with Gasteiger partial charge >= 0.3 is 0 Å². The number of fused-ring (bicyclic) bond motifs is 2. The number of hydrogen-bond acceptors (Lipinski definition) is 2. The molecule has 5 aliphatic rings. The average molecular weight is 587 g/mol. The fourth-order valence-corrected chi connectivity index (χ4v) is 7.58. The van der Waals surface area contributed by atoms with Crippen LogP contribution in [0.1, 0.15) is 84.5 Å². The van der Waals surface area contributed by atoms with E-state index in [0.29, 0.717) is 29.9 Å². The predicted molar refractivity (Wildman–Crippen MR) is 168 cm³/mol. The number of rotatable bonds is 7. The second-order valence-electron chi connectivity index (χ2n) is 12.1. The van der Waals surface area contributed by atoms with E-state index in [-0.39, 0.29) is 5.92 Å². The second-order valence-corrected chi connectivity index (χ2v) is 13.1. The van der Waals surface area contributed by atoms with E-state index in [9.17, 15) is 5.11 Å². The first-order valence-electron chi connectivity index (χ1n) is 15.1. The molecular weight excluding hydrogens is 542 g/mol. The van der Waals surface area contributed by atoms with Crippen LogP contribution >= 0.6 is 15.9 Å². The smallest absolute Gasteiger partial charge is 0.114 e. The largest absolute Gasteiger partial charge is 0.383 e. The summed E-state index contributed by atoms with van der Waals surface area (Å²) in [6.07, 6.45) is 31.2. The van der Waals surface area contributed by atoms with Crippen molar-refractivity contribution in [1.82, 2.24) is 0 Å². The molecule has 0 saturated heterocycles. The number of aliphatic hydroxyl groups excluding tert-OH is 1. The maximum absolute atomic E-state index is 11.8. The van der Waals surface area contributed by atoms with Gasteiger partial charge in [0.2, 0.25) is 0 Å². The SMILES string of the molecule is C/C=C(/C)CC1C=CC(CC(=N)C(O)/C2=C/C(C3=CCCC4CCC(Br)=CC34)=C=CCC3=CCCCC32)=CC1. The number of halogens is 1. The molecule has 0 heterocycles.